The number of hydrogen-bond donors (Lipinski definition) is 1. The molecule has 0 aromatic carbocycles. The molecule has 0 radical (unpaired) electrons. The number of piperazine rings is 1. The summed E-state index contributed by atoms with van der Waals surface area (Å²) < 4.78 is 0. The molecule has 2 rings (SSSR count). The van der Waals surface area contributed by atoms with Crippen molar-refractivity contribution < 1.29 is 0 Å². The molecule has 102 valence electrons. The Bertz CT molecular complexity index is 343. The number of aromatic nitrogens is 1. The molecule has 1 aromatic rings. The van der Waals surface area contributed by atoms with Gasteiger partial charge in [0.15, 0.2) is 0 Å². The molecule has 0 atom stereocenters. The Kier molecular flexibility index (Phi) is 5.60. The van der Waals surface area contributed by atoms with E-state index in [1.165, 1.54) is 36.8 Å². The first-order valence-electron chi connectivity index (χ1n) is 7.10. The Labute approximate surface area is 115 Å². The van der Waals surface area contributed by atoms with Crippen LogP contribution in [-0.4, -0.2) is 42.6 Å². The molecule has 1 aromatic heterocycles. The number of thiazole rings is 1. The highest BCUT2D eigenvalue weighted by atomic mass is 32.1. The maximum absolute atomic E-state index is 4.72. The van der Waals surface area contributed by atoms with Crippen molar-refractivity contribution in [1.29, 1.82) is 0 Å². The Morgan fingerprint density at radius 3 is 2.89 bits per heavy atom. The lowest BCUT2D eigenvalue weighted by molar-refractivity contribution is 0.238. The van der Waals surface area contributed by atoms with Gasteiger partial charge in [0.05, 0.1) is 10.7 Å². The third kappa shape index (κ3) is 4.67. The average molecular weight is 267 g/mol. The van der Waals surface area contributed by atoms with E-state index in [2.05, 4.69) is 29.4 Å². The van der Waals surface area contributed by atoms with Crippen molar-refractivity contribution in [2.45, 2.75) is 33.1 Å². The van der Waals surface area contributed by atoms with E-state index in [0.29, 0.717) is 5.92 Å². The van der Waals surface area contributed by atoms with Crippen LogP contribution >= 0.6 is 11.3 Å². The molecule has 1 aliphatic heterocycles. The monoisotopic (exact) mass is 267 g/mol. The third-order valence-electron chi connectivity index (χ3n) is 3.30. The molecule has 3 nitrogen and oxygen atoms in total. The zero-order chi connectivity index (χ0) is 12.8. The summed E-state index contributed by atoms with van der Waals surface area (Å²) in [6, 6.07) is 0. The van der Waals surface area contributed by atoms with Gasteiger partial charge in [-0.3, -0.25) is 0 Å². The second-order valence-electron chi connectivity index (χ2n) is 5.53. The van der Waals surface area contributed by atoms with Crippen molar-refractivity contribution >= 4 is 11.3 Å². The van der Waals surface area contributed by atoms with Crippen molar-refractivity contribution in [1.82, 2.24) is 15.2 Å². The van der Waals surface area contributed by atoms with Crippen molar-refractivity contribution in [3.63, 3.8) is 0 Å². The minimum absolute atomic E-state index is 0.713. The average Bonchev–Trinajstić information content (AvgIpc) is 2.77. The van der Waals surface area contributed by atoms with Crippen molar-refractivity contribution in [3.05, 3.63) is 16.1 Å². The molecule has 1 aliphatic rings. The van der Waals surface area contributed by atoms with Crippen LogP contribution in [0.1, 0.15) is 31.0 Å². The Balaban J connectivity index is 1.67. The van der Waals surface area contributed by atoms with Gasteiger partial charge < -0.3 is 10.2 Å². The Hall–Kier alpha value is -0.450. The molecule has 0 amide bonds. The number of hydrogen-bond acceptors (Lipinski definition) is 4. The van der Waals surface area contributed by atoms with Crippen LogP contribution in [-0.2, 0) is 12.8 Å². The molecular formula is C14H25N3S. The van der Waals surface area contributed by atoms with Crippen LogP contribution in [0.5, 0.6) is 0 Å². The minimum Gasteiger partial charge on any atom is -0.314 e. The van der Waals surface area contributed by atoms with E-state index >= 15 is 0 Å². The summed E-state index contributed by atoms with van der Waals surface area (Å²) in [4.78, 5) is 7.27. The van der Waals surface area contributed by atoms with Gasteiger partial charge in [-0.25, -0.2) is 4.98 Å². The smallest absolute Gasteiger partial charge is 0.0930 e. The van der Waals surface area contributed by atoms with E-state index < -0.39 is 0 Å². The number of aryl methyl sites for hydroxylation is 1. The molecule has 0 spiro atoms. The van der Waals surface area contributed by atoms with Crippen LogP contribution in [0.15, 0.2) is 5.38 Å². The lowest BCUT2D eigenvalue weighted by Gasteiger charge is -2.26. The zero-order valence-corrected chi connectivity index (χ0v) is 12.4. The number of nitrogens with zero attached hydrogens (tertiary/aromatic N) is 2. The summed E-state index contributed by atoms with van der Waals surface area (Å²) in [6.07, 6.45) is 3.51. The van der Waals surface area contributed by atoms with Gasteiger partial charge in [-0.05, 0) is 25.3 Å². The Morgan fingerprint density at radius 2 is 2.17 bits per heavy atom. The largest absolute Gasteiger partial charge is 0.314 e. The fourth-order valence-corrected chi connectivity index (χ4v) is 3.37. The van der Waals surface area contributed by atoms with Crippen LogP contribution in [0.4, 0.5) is 0 Å². The second kappa shape index (κ2) is 7.22. The lowest BCUT2D eigenvalue weighted by Crippen LogP contribution is -2.43. The molecule has 0 bridgehead atoms. The maximum atomic E-state index is 4.72. The fourth-order valence-electron chi connectivity index (χ4n) is 2.33. The third-order valence-corrected chi connectivity index (χ3v) is 4.22. The van der Waals surface area contributed by atoms with Gasteiger partial charge in [-0.15, -0.1) is 11.3 Å². The summed E-state index contributed by atoms with van der Waals surface area (Å²) in [5.74, 6) is 0.713. The van der Waals surface area contributed by atoms with Gasteiger partial charge in [-0.1, -0.05) is 13.8 Å². The normalized spacial score (nSPS) is 17.5. The van der Waals surface area contributed by atoms with Crippen LogP contribution < -0.4 is 5.32 Å². The van der Waals surface area contributed by atoms with Crippen LogP contribution in [0.2, 0.25) is 0 Å². The summed E-state index contributed by atoms with van der Waals surface area (Å²) in [5.41, 5.74) is 1.30. The molecule has 0 unspecified atom stereocenters. The molecule has 1 N–H and O–H groups in total. The van der Waals surface area contributed by atoms with Crippen molar-refractivity contribution in [2.75, 3.05) is 32.7 Å². The van der Waals surface area contributed by atoms with Crippen LogP contribution in [0.25, 0.3) is 0 Å². The highest BCUT2D eigenvalue weighted by Crippen LogP contribution is 2.15. The summed E-state index contributed by atoms with van der Waals surface area (Å²) in [7, 11) is 0. The fraction of sp³-hybridized carbons (Fsp3) is 0.786. The summed E-state index contributed by atoms with van der Waals surface area (Å²) in [6.45, 7) is 10.4. The molecule has 4 heteroatoms. The predicted molar refractivity (Wildman–Crippen MR) is 78.3 cm³/mol. The molecule has 18 heavy (non-hydrogen) atoms. The summed E-state index contributed by atoms with van der Waals surface area (Å²) in [5, 5.41) is 6.95. The number of rotatable bonds is 6. The maximum Gasteiger partial charge on any atom is 0.0930 e. The van der Waals surface area contributed by atoms with Crippen LogP contribution in [0.3, 0.4) is 0 Å². The molecule has 2 heterocycles. The van der Waals surface area contributed by atoms with Gasteiger partial charge >= 0.3 is 0 Å². The van der Waals surface area contributed by atoms with E-state index in [1.807, 2.05) is 11.3 Å². The van der Waals surface area contributed by atoms with Gasteiger partial charge in [0.1, 0.15) is 0 Å². The van der Waals surface area contributed by atoms with E-state index in [0.717, 1.165) is 25.9 Å². The van der Waals surface area contributed by atoms with E-state index in [-0.39, 0.29) is 0 Å². The zero-order valence-electron chi connectivity index (χ0n) is 11.6. The van der Waals surface area contributed by atoms with E-state index in [9.17, 15) is 0 Å². The van der Waals surface area contributed by atoms with Gasteiger partial charge in [0.2, 0.25) is 0 Å². The first-order valence-corrected chi connectivity index (χ1v) is 7.98. The topological polar surface area (TPSA) is 28.2 Å². The van der Waals surface area contributed by atoms with Gasteiger partial charge in [-0.2, -0.15) is 0 Å². The standard InChI is InChI=1S/C14H25N3S/c1-12(2)10-14-16-13(11-18-14)4-3-7-17-8-5-15-6-9-17/h11-12,15H,3-10H2,1-2H3. The SMILES string of the molecule is CC(C)Cc1nc(CCCN2CCNCC2)cs1. The van der Waals surface area contributed by atoms with Crippen LogP contribution in [0, 0.1) is 5.92 Å². The predicted octanol–water partition coefficient (Wildman–Crippen LogP) is 2.18. The van der Waals surface area contributed by atoms with E-state index in [4.69, 9.17) is 4.98 Å². The van der Waals surface area contributed by atoms with Gasteiger partial charge in [0.25, 0.3) is 0 Å². The quantitative estimate of drug-likeness (QED) is 0.856. The molecule has 0 aliphatic carbocycles. The Morgan fingerprint density at radius 1 is 1.39 bits per heavy atom. The lowest BCUT2D eigenvalue weighted by atomic mass is 10.1. The summed E-state index contributed by atoms with van der Waals surface area (Å²) >= 11 is 1.83. The molecule has 0 saturated carbocycles. The second-order valence-corrected chi connectivity index (χ2v) is 6.47. The van der Waals surface area contributed by atoms with Crippen molar-refractivity contribution in [2.24, 2.45) is 5.92 Å². The molecular weight excluding hydrogens is 242 g/mol. The molecule has 1 fully saturated rings. The highest BCUT2D eigenvalue weighted by Gasteiger charge is 2.09. The minimum atomic E-state index is 0.713. The van der Waals surface area contributed by atoms with Gasteiger partial charge in [0, 0.05) is 38.0 Å². The highest BCUT2D eigenvalue weighted by molar-refractivity contribution is 7.09. The first-order chi connectivity index (χ1) is 8.74. The van der Waals surface area contributed by atoms with E-state index in [1.54, 1.807) is 0 Å². The number of nitrogens with one attached hydrogen (secondary N) is 1. The first kappa shape index (κ1) is 14.0. The molecule has 1 saturated heterocycles. The van der Waals surface area contributed by atoms with Crippen molar-refractivity contribution in [3.8, 4) is 0 Å².